The van der Waals surface area contributed by atoms with E-state index in [1.807, 2.05) is 16.8 Å². The Labute approximate surface area is 136 Å². The minimum absolute atomic E-state index is 0.0848. The van der Waals surface area contributed by atoms with E-state index in [9.17, 15) is 4.79 Å². The van der Waals surface area contributed by atoms with E-state index in [4.69, 9.17) is 4.98 Å². The van der Waals surface area contributed by atoms with Crippen molar-refractivity contribution in [1.29, 1.82) is 0 Å². The topological polar surface area (TPSA) is 42.0 Å². The van der Waals surface area contributed by atoms with Crippen LogP contribution in [0.1, 0.15) is 27.2 Å². The Balaban J connectivity index is 1.68. The van der Waals surface area contributed by atoms with Gasteiger partial charge in [-0.3, -0.25) is 10.1 Å². The summed E-state index contributed by atoms with van der Waals surface area (Å²) in [6.07, 6.45) is 3.25. The lowest BCUT2D eigenvalue weighted by atomic mass is 10.0. The van der Waals surface area contributed by atoms with Crippen molar-refractivity contribution >= 4 is 33.7 Å². The van der Waals surface area contributed by atoms with Crippen molar-refractivity contribution in [3.63, 3.8) is 0 Å². The van der Waals surface area contributed by atoms with Gasteiger partial charge in [-0.05, 0) is 36.3 Å². The Morgan fingerprint density at radius 2 is 2.09 bits per heavy atom. The van der Waals surface area contributed by atoms with Crippen LogP contribution >= 0.6 is 22.7 Å². The van der Waals surface area contributed by atoms with Crippen molar-refractivity contribution < 1.29 is 4.79 Å². The molecule has 0 fully saturated rings. The summed E-state index contributed by atoms with van der Waals surface area (Å²) in [5, 5.41) is 7.38. The van der Waals surface area contributed by atoms with Gasteiger partial charge in [-0.1, -0.05) is 24.3 Å². The number of rotatable bonds is 2. The number of carbonyl (C=O) groups is 1. The van der Waals surface area contributed by atoms with Crippen molar-refractivity contribution in [2.45, 2.75) is 19.3 Å². The molecule has 2 aromatic heterocycles. The van der Waals surface area contributed by atoms with Crippen LogP contribution in [0.15, 0.2) is 41.1 Å². The van der Waals surface area contributed by atoms with Crippen LogP contribution in [0.4, 0.5) is 5.13 Å². The van der Waals surface area contributed by atoms with Crippen molar-refractivity contribution in [2.24, 2.45) is 0 Å². The van der Waals surface area contributed by atoms with Crippen molar-refractivity contribution in [2.75, 3.05) is 5.32 Å². The van der Waals surface area contributed by atoms with Gasteiger partial charge in [0.25, 0.3) is 5.91 Å². The summed E-state index contributed by atoms with van der Waals surface area (Å²) in [5.74, 6) is -0.0848. The molecular formula is C17H14N2OS2. The Bertz CT molecular complexity index is 821. The molecule has 0 saturated heterocycles. The minimum atomic E-state index is -0.0848. The lowest BCUT2D eigenvalue weighted by Gasteiger charge is -2.04. The smallest absolute Gasteiger partial charge is 0.258 e. The highest BCUT2D eigenvalue weighted by molar-refractivity contribution is 7.16. The predicted molar refractivity (Wildman–Crippen MR) is 91.8 cm³/mol. The monoisotopic (exact) mass is 326 g/mol. The van der Waals surface area contributed by atoms with E-state index in [0.29, 0.717) is 10.7 Å². The summed E-state index contributed by atoms with van der Waals surface area (Å²) in [4.78, 5) is 18.1. The van der Waals surface area contributed by atoms with Gasteiger partial charge in [-0.25, -0.2) is 4.98 Å². The average Bonchev–Trinajstić information content (AvgIpc) is 3.15. The van der Waals surface area contributed by atoms with Crippen molar-refractivity contribution in [3.8, 4) is 11.3 Å². The lowest BCUT2D eigenvalue weighted by Crippen LogP contribution is -2.10. The zero-order chi connectivity index (χ0) is 14.9. The largest absolute Gasteiger partial charge is 0.298 e. The molecule has 0 spiro atoms. The number of carbonyl (C=O) groups excluding carboxylic acids is 1. The number of aromatic nitrogens is 1. The Hall–Kier alpha value is -1.98. The molecule has 1 N–H and O–H groups in total. The number of benzene rings is 1. The normalized spacial score (nSPS) is 13.1. The molecule has 5 heteroatoms. The molecule has 3 nitrogen and oxygen atoms in total. The number of nitrogens with zero attached hydrogens (tertiary/aromatic N) is 1. The molecule has 0 bridgehead atoms. The maximum atomic E-state index is 12.2. The number of thiophene rings is 1. The molecule has 22 heavy (non-hydrogen) atoms. The molecule has 1 amide bonds. The van der Waals surface area contributed by atoms with E-state index < -0.39 is 0 Å². The van der Waals surface area contributed by atoms with Crippen LogP contribution in [-0.2, 0) is 12.8 Å². The SMILES string of the molecule is O=C(Nc1nc2c(s1)CCCc1ccccc1-2)c1ccsc1. The fraction of sp³-hybridized carbons (Fsp3) is 0.176. The van der Waals surface area contributed by atoms with Gasteiger partial charge in [0.05, 0.1) is 11.3 Å². The van der Waals surface area contributed by atoms with Gasteiger partial charge in [0.15, 0.2) is 5.13 Å². The van der Waals surface area contributed by atoms with Crippen LogP contribution in [0, 0.1) is 0 Å². The number of hydrogen-bond acceptors (Lipinski definition) is 4. The molecule has 0 saturated carbocycles. The van der Waals surface area contributed by atoms with Crippen molar-refractivity contribution in [3.05, 3.63) is 57.1 Å². The van der Waals surface area contributed by atoms with E-state index in [1.165, 1.54) is 27.3 Å². The highest BCUT2D eigenvalue weighted by Crippen LogP contribution is 2.37. The first-order valence-corrected chi connectivity index (χ1v) is 8.99. The summed E-state index contributed by atoms with van der Waals surface area (Å²) < 4.78 is 0. The molecule has 0 atom stereocenters. The molecule has 2 heterocycles. The highest BCUT2D eigenvalue weighted by Gasteiger charge is 2.20. The third-order valence-electron chi connectivity index (χ3n) is 3.82. The Morgan fingerprint density at radius 1 is 1.18 bits per heavy atom. The number of aryl methyl sites for hydroxylation is 2. The summed E-state index contributed by atoms with van der Waals surface area (Å²) >= 11 is 3.12. The van der Waals surface area contributed by atoms with Crippen LogP contribution < -0.4 is 5.32 Å². The Kier molecular flexibility index (Phi) is 3.52. The average molecular weight is 326 g/mol. The second kappa shape index (κ2) is 5.66. The molecule has 1 aliphatic carbocycles. The van der Waals surface area contributed by atoms with Gasteiger partial charge < -0.3 is 0 Å². The molecule has 1 aliphatic rings. The zero-order valence-electron chi connectivity index (χ0n) is 11.8. The molecule has 0 aliphatic heterocycles. The van der Waals surface area contributed by atoms with Crippen LogP contribution in [0.3, 0.4) is 0 Å². The van der Waals surface area contributed by atoms with Gasteiger partial charge in [-0.15, -0.1) is 11.3 Å². The Morgan fingerprint density at radius 3 is 2.95 bits per heavy atom. The molecule has 0 unspecified atom stereocenters. The second-order valence-corrected chi connectivity index (χ2v) is 7.13. The maximum Gasteiger partial charge on any atom is 0.258 e. The molecule has 110 valence electrons. The summed E-state index contributed by atoms with van der Waals surface area (Å²) in [5.41, 5.74) is 4.29. The van der Waals surface area contributed by atoms with Gasteiger partial charge in [0.1, 0.15) is 0 Å². The number of amides is 1. The summed E-state index contributed by atoms with van der Waals surface area (Å²) in [6, 6.07) is 10.3. The number of hydrogen-bond donors (Lipinski definition) is 1. The zero-order valence-corrected chi connectivity index (χ0v) is 13.5. The van der Waals surface area contributed by atoms with Crippen LogP contribution in [-0.4, -0.2) is 10.9 Å². The lowest BCUT2D eigenvalue weighted by molar-refractivity contribution is 0.102. The van der Waals surface area contributed by atoms with Crippen LogP contribution in [0.5, 0.6) is 0 Å². The fourth-order valence-electron chi connectivity index (χ4n) is 2.76. The third kappa shape index (κ3) is 2.46. The first-order valence-electron chi connectivity index (χ1n) is 7.23. The predicted octanol–water partition coefficient (Wildman–Crippen LogP) is 4.61. The van der Waals surface area contributed by atoms with Crippen LogP contribution in [0.2, 0.25) is 0 Å². The third-order valence-corrected chi connectivity index (χ3v) is 5.54. The van der Waals surface area contributed by atoms with E-state index >= 15 is 0 Å². The number of thiazole rings is 1. The quantitative estimate of drug-likeness (QED) is 0.747. The van der Waals surface area contributed by atoms with E-state index in [0.717, 1.165) is 25.0 Å². The minimum Gasteiger partial charge on any atom is -0.298 e. The first-order chi connectivity index (χ1) is 10.8. The fourth-order valence-corrected chi connectivity index (χ4v) is 4.41. The molecular weight excluding hydrogens is 312 g/mol. The van der Waals surface area contributed by atoms with Gasteiger partial charge in [0.2, 0.25) is 0 Å². The van der Waals surface area contributed by atoms with E-state index in [1.54, 1.807) is 11.3 Å². The molecule has 4 rings (SSSR count). The maximum absolute atomic E-state index is 12.2. The molecule has 3 aromatic rings. The molecule has 1 aromatic carbocycles. The van der Waals surface area contributed by atoms with Gasteiger partial charge >= 0.3 is 0 Å². The van der Waals surface area contributed by atoms with E-state index in [-0.39, 0.29) is 5.91 Å². The van der Waals surface area contributed by atoms with Gasteiger partial charge in [0, 0.05) is 15.8 Å². The number of fused-ring (bicyclic) bond motifs is 3. The summed E-state index contributed by atoms with van der Waals surface area (Å²) in [6.45, 7) is 0. The van der Waals surface area contributed by atoms with E-state index in [2.05, 4.69) is 29.6 Å². The first kappa shape index (κ1) is 13.7. The molecule has 0 radical (unpaired) electrons. The highest BCUT2D eigenvalue weighted by atomic mass is 32.1. The van der Waals surface area contributed by atoms with Gasteiger partial charge in [-0.2, -0.15) is 11.3 Å². The number of nitrogens with one attached hydrogen (secondary N) is 1. The summed E-state index contributed by atoms with van der Waals surface area (Å²) in [7, 11) is 0. The number of anilines is 1. The second-order valence-electron chi connectivity index (χ2n) is 5.27. The van der Waals surface area contributed by atoms with Crippen LogP contribution in [0.25, 0.3) is 11.3 Å². The van der Waals surface area contributed by atoms with Crippen molar-refractivity contribution in [1.82, 2.24) is 4.98 Å². The standard InChI is InChI=1S/C17H14N2OS2/c20-16(12-8-9-21-10-12)19-17-18-15-13-6-2-1-4-11(13)5-3-7-14(15)22-17/h1-2,4,6,8-10H,3,5,7H2,(H,18,19,20).